The number of carbonyl (C=O) groups excluding carboxylic acids is 2. The Hall–Kier alpha value is -2.34. The summed E-state index contributed by atoms with van der Waals surface area (Å²) in [4.78, 5) is 25.7. The van der Waals surface area contributed by atoms with Crippen LogP contribution in [-0.4, -0.2) is 42.6 Å². The van der Waals surface area contributed by atoms with Gasteiger partial charge >= 0.3 is 11.9 Å². The number of nitrogens with zero attached hydrogens (tertiary/aromatic N) is 1. The molecule has 142 valence electrons. The zero-order valence-corrected chi connectivity index (χ0v) is 15.8. The molecule has 0 N–H and O–H groups in total. The first kappa shape index (κ1) is 16.8. The van der Waals surface area contributed by atoms with Gasteiger partial charge in [-0.2, -0.15) is 0 Å². The number of likely N-dealkylation sites (tertiary alicyclic amines) is 1. The summed E-state index contributed by atoms with van der Waals surface area (Å²) >= 11 is 0. The molecule has 4 aliphatic rings. The first-order chi connectivity index (χ1) is 12.9. The fourth-order valence-corrected chi connectivity index (χ4v) is 5.80. The monoisotopic (exact) mass is 369 g/mol. The number of allylic oxidation sites excluding steroid dienone is 1. The summed E-state index contributed by atoms with van der Waals surface area (Å²) in [6.07, 6.45) is 4.41. The Bertz CT molecular complexity index is 891. The molecule has 6 heteroatoms. The number of hydrogen-bond acceptors (Lipinski definition) is 6. The van der Waals surface area contributed by atoms with Crippen LogP contribution in [-0.2, 0) is 26.2 Å². The number of likely N-dealkylation sites (N-methyl/N-ethyl adjacent to an activating group) is 1. The SMILES string of the molecule is CC(=O)OC1=CCC2[C@H]3Cc4ccc(OC(C)=O)c5c4[C@@]2(CCN3C)C1O5. The zero-order chi connectivity index (χ0) is 18.9. The highest BCUT2D eigenvalue weighted by Gasteiger charge is 2.64. The van der Waals surface area contributed by atoms with Gasteiger partial charge in [0, 0.05) is 30.9 Å². The molecule has 1 aromatic carbocycles. The highest BCUT2D eigenvalue weighted by atomic mass is 16.6. The normalized spacial score (nSPS) is 32.9. The van der Waals surface area contributed by atoms with Crippen molar-refractivity contribution in [3.63, 3.8) is 0 Å². The van der Waals surface area contributed by atoms with Crippen LogP contribution in [0.4, 0.5) is 0 Å². The van der Waals surface area contributed by atoms with Gasteiger partial charge in [0.2, 0.25) is 0 Å². The molecular formula is C21H23NO5. The lowest BCUT2D eigenvalue weighted by Gasteiger charge is -2.56. The Morgan fingerprint density at radius 2 is 2.00 bits per heavy atom. The van der Waals surface area contributed by atoms with Gasteiger partial charge in [0.1, 0.15) is 5.76 Å². The van der Waals surface area contributed by atoms with Gasteiger partial charge in [-0.25, -0.2) is 0 Å². The molecule has 2 aliphatic heterocycles. The van der Waals surface area contributed by atoms with E-state index >= 15 is 0 Å². The molecular weight excluding hydrogens is 346 g/mol. The smallest absolute Gasteiger partial charge is 0.308 e. The van der Waals surface area contributed by atoms with Gasteiger partial charge in [-0.3, -0.25) is 9.59 Å². The van der Waals surface area contributed by atoms with Crippen LogP contribution in [0.2, 0.25) is 0 Å². The first-order valence-electron chi connectivity index (χ1n) is 9.52. The predicted molar refractivity (Wildman–Crippen MR) is 96.5 cm³/mol. The lowest BCUT2D eigenvalue weighted by molar-refractivity contribution is -0.140. The summed E-state index contributed by atoms with van der Waals surface area (Å²) in [5.41, 5.74) is 2.19. The van der Waals surface area contributed by atoms with Gasteiger partial charge in [0.15, 0.2) is 17.6 Å². The second-order valence-corrected chi connectivity index (χ2v) is 8.10. The minimum Gasteiger partial charge on any atom is -0.477 e. The van der Waals surface area contributed by atoms with Gasteiger partial charge in [-0.05, 0) is 56.5 Å². The molecule has 1 spiro atoms. The average Bonchev–Trinajstić information content (AvgIpc) is 2.95. The van der Waals surface area contributed by atoms with Crippen molar-refractivity contribution < 1.29 is 23.8 Å². The molecule has 1 fully saturated rings. The van der Waals surface area contributed by atoms with Crippen LogP contribution in [0.1, 0.15) is 37.8 Å². The van der Waals surface area contributed by atoms with Crippen LogP contribution in [0, 0.1) is 5.92 Å². The number of hydrogen-bond donors (Lipinski definition) is 0. The Kier molecular flexibility index (Phi) is 3.47. The van der Waals surface area contributed by atoms with Gasteiger partial charge < -0.3 is 19.1 Å². The zero-order valence-electron chi connectivity index (χ0n) is 15.8. The third-order valence-corrected chi connectivity index (χ3v) is 6.72. The van der Waals surface area contributed by atoms with E-state index in [2.05, 4.69) is 18.0 Å². The van der Waals surface area contributed by atoms with Crippen molar-refractivity contribution in [2.45, 2.75) is 50.7 Å². The van der Waals surface area contributed by atoms with Crippen molar-refractivity contribution >= 4 is 11.9 Å². The van der Waals surface area contributed by atoms with Crippen LogP contribution < -0.4 is 9.47 Å². The molecule has 2 unspecified atom stereocenters. The third-order valence-electron chi connectivity index (χ3n) is 6.72. The van der Waals surface area contributed by atoms with Crippen molar-refractivity contribution in [3.05, 3.63) is 35.1 Å². The molecule has 0 amide bonds. The number of carbonyl (C=O) groups is 2. The number of benzene rings is 1. The number of piperidine rings is 1. The Balaban J connectivity index is 1.72. The van der Waals surface area contributed by atoms with Crippen LogP contribution in [0.5, 0.6) is 11.5 Å². The summed E-state index contributed by atoms with van der Waals surface area (Å²) in [7, 11) is 2.19. The number of rotatable bonds is 2. The largest absolute Gasteiger partial charge is 0.477 e. The van der Waals surface area contributed by atoms with Crippen molar-refractivity contribution in [2.24, 2.45) is 5.92 Å². The number of esters is 2. The van der Waals surface area contributed by atoms with Crippen molar-refractivity contribution in [1.29, 1.82) is 0 Å². The maximum Gasteiger partial charge on any atom is 0.308 e. The second kappa shape index (κ2) is 5.58. The molecule has 0 aromatic heterocycles. The van der Waals surface area contributed by atoms with Gasteiger partial charge in [-0.1, -0.05) is 6.07 Å². The number of ether oxygens (including phenoxy) is 3. The molecule has 6 nitrogen and oxygen atoms in total. The van der Waals surface area contributed by atoms with E-state index in [0.717, 1.165) is 25.8 Å². The van der Waals surface area contributed by atoms with E-state index in [9.17, 15) is 9.59 Å². The average molecular weight is 369 g/mol. The Labute approximate surface area is 158 Å². The third kappa shape index (κ3) is 2.16. The van der Waals surface area contributed by atoms with E-state index in [-0.39, 0.29) is 23.5 Å². The van der Waals surface area contributed by atoms with E-state index < -0.39 is 0 Å². The fourth-order valence-electron chi connectivity index (χ4n) is 5.80. The lowest BCUT2D eigenvalue weighted by atomic mass is 9.53. The summed E-state index contributed by atoms with van der Waals surface area (Å²) in [6, 6.07) is 4.32. The van der Waals surface area contributed by atoms with E-state index in [1.807, 2.05) is 12.1 Å². The summed E-state index contributed by atoms with van der Waals surface area (Å²) in [6.45, 7) is 3.77. The molecule has 5 rings (SSSR count). The van der Waals surface area contributed by atoms with Crippen LogP contribution in [0.3, 0.4) is 0 Å². The Morgan fingerprint density at radius 3 is 2.74 bits per heavy atom. The topological polar surface area (TPSA) is 65.1 Å². The molecule has 1 saturated heterocycles. The van der Waals surface area contributed by atoms with Gasteiger partial charge in [0.05, 0.1) is 0 Å². The van der Waals surface area contributed by atoms with Crippen molar-refractivity contribution in [2.75, 3.05) is 13.6 Å². The minimum absolute atomic E-state index is 0.226. The predicted octanol–water partition coefficient (Wildman–Crippen LogP) is 2.34. The molecule has 4 atom stereocenters. The molecule has 2 aliphatic carbocycles. The fraction of sp³-hybridized carbons (Fsp3) is 0.524. The van der Waals surface area contributed by atoms with Crippen LogP contribution >= 0.6 is 0 Å². The lowest BCUT2D eigenvalue weighted by Crippen LogP contribution is -2.63. The van der Waals surface area contributed by atoms with Crippen molar-refractivity contribution in [3.8, 4) is 11.5 Å². The maximum atomic E-state index is 11.7. The summed E-state index contributed by atoms with van der Waals surface area (Å²) in [5.74, 6) is 1.40. The molecule has 2 heterocycles. The highest BCUT2D eigenvalue weighted by Crippen LogP contribution is 2.63. The quantitative estimate of drug-likeness (QED) is 0.589. The summed E-state index contributed by atoms with van der Waals surface area (Å²) in [5, 5.41) is 0. The Morgan fingerprint density at radius 1 is 1.22 bits per heavy atom. The molecule has 0 saturated carbocycles. The summed E-state index contributed by atoms with van der Waals surface area (Å²) < 4.78 is 17.4. The molecule has 0 radical (unpaired) electrons. The van der Waals surface area contributed by atoms with E-state index in [1.54, 1.807) is 0 Å². The first-order valence-corrected chi connectivity index (χ1v) is 9.52. The van der Waals surface area contributed by atoms with Gasteiger partial charge in [0.25, 0.3) is 0 Å². The van der Waals surface area contributed by atoms with Gasteiger partial charge in [-0.15, -0.1) is 0 Å². The standard InChI is InChI=1S/C21H23NO5/c1-11(23)25-16-6-4-13-10-15-14-5-7-17(26-12(2)24)20-21(14,8-9-22(15)3)18(13)19(16)27-20/h4,6-7,14-15,20H,5,8-10H2,1-3H3/t14?,15-,20?,21+/m1/s1. The molecule has 1 aromatic rings. The minimum atomic E-state index is -0.369. The maximum absolute atomic E-state index is 11.7. The van der Waals surface area contributed by atoms with E-state index in [4.69, 9.17) is 14.2 Å². The second-order valence-electron chi connectivity index (χ2n) is 8.10. The highest BCUT2D eigenvalue weighted by molar-refractivity contribution is 5.73. The molecule has 2 bridgehead atoms. The van der Waals surface area contributed by atoms with E-state index in [1.165, 1.54) is 25.0 Å². The van der Waals surface area contributed by atoms with Crippen molar-refractivity contribution in [1.82, 2.24) is 4.90 Å². The van der Waals surface area contributed by atoms with E-state index in [0.29, 0.717) is 29.2 Å². The molecule has 27 heavy (non-hydrogen) atoms. The van der Waals surface area contributed by atoms with Crippen LogP contribution in [0.15, 0.2) is 24.0 Å². The van der Waals surface area contributed by atoms with Crippen LogP contribution in [0.25, 0.3) is 0 Å².